The number of rotatable bonds is 3. The Kier molecular flexibility index (Phi) is 4.10. The average molecular weight is 295 g/mol. The summed E-state index contributed by atoms with van der Waals surface area (Å²) in [6, 6.07) is 19.7. The summed E-state index contributed by atoms with van der Waals surface area (Å²) in [5.41, 5.74) is 1.36. The maximum atomic E-state index is 12.7. The summed E-state index contributed by atoms with van der Waals surface area (Å²) < 4.78 is 0. The van der Waals surface area contributed by atoms with Gasteiger partial charge in [0.25, 0.3) is 0 Å². The van der Waals surface area contributed by atoms with Crippen LogP contribution in [0.3, 0.4) is 0 Å². The molecule has 3 atom stereocenters. The number of aliphatic hydroxyl groups is 1. The first-order chi connectivity index (χ1) is 10.6. The van der Waals surface area contributed by atoms with E-state index in [1.54, 1.807) is 0 Å². The van der Waals surface area contributed by atoms with Gasteiger partial charge in [-0.2, -0.15) is 0 Å². The van der Waals surface area contributed by atoms with Gasteiger partial charge in [-0.3, -0.25) is 4.79 Å². The molecule has 3 nitrogen and oxygen atoms in total. The van der Waals surface area contributed by atoms with Gasteiger partial charge in [-0.05, 0) is 18.1 Å². The highest BCUT2D eigenvalue weighted by Gasteiger charge is 2.46. The number of ketones is 1. The van der Waals surface area contributed by atoms with Crippen molar-refractivity contribution in [3.05, 3.63) is 71.8 Å². The number of hydrogen-bond acceptors (Lipinski definition) is 3. The van der Waals surface area contributed by atoms with Crippen LogP contribution in [0, 0.1) is 5.41 Å². The predicted octanol–water partition coefficient (Wildman–Crippen LogP) is 3.03. The van der Waals surface area contributed by atoms with Gasteiger partial charge in [-0.1, -0.05) is 60.7 Å². The van der Waals surface area contributed by atoms with Crippen LogP contribution in [0.2, 0.25) is 0 Å². The normalized spacial score (nSPS) is 28.5. The van der Waals surface area contributed by atoms with Gasteiger partial charge in [0.2, 0.25) is 0 Å². The Morgan fingerprint density at radius 2 is 1.59 bits per heavy atom. The van der Waals surface area contributed by atoms with Crippen LogP contribution >= 0.6 is 0 Å². The van der Waals surface area contributed by atoms with Crippen molar-refractivity contribution in [2.24, 2.45) is 5.41 Å². The minimum atomic E-state index is -0.785. The summed E-state index contributed by atoms with van der Waals surface area (Å²) in [6.45, 7) is 1.70. The summed E-state index contributed by atoms with van der Waals surface area (Å²) in [5.74, 6) is 0.108. The molecule has 0 unspecified atom stereocenters. The SMILES string of the molecule is C[C@]1(CO)C(=O)C[C@@H](c2ccccc2)N[C@H]1c1ccccc1. The molecule has 0 saturated carbocycles. The third-order valence-corrected chi connectivity index (χ3v) is 4.69. The number of nitrogens with one attached hydrogen (secondary N) is 1. The fourth-order valence-electron chi connectivity index (χ4n) is 3.21. The van der Waals surface area contributed by atoms with Crippen LogP contribution in [0.15, 0.2) is 60.7 Å². The maximum Gasteiger partial charge on any atom is 0.144 e. The zero-order chi connectivity index (χ0) is 15.6. The molecule has 1 heterocycles. The highest BCUT2D eigenvalue weighted by atomic mass is 16.3. The Morgan fingerprint density at radius 1 is 1.05 bits per heavy atom. The largest absolute Gasteiger partial charge is 0.395 e. The molecule has 0 aliphatic carbocycles. The summed E-state index contributed by atoms with van der Waals surface area (Å²) in [4.78, 5) is 12.7. The third-order valence-electron chi connectivity index (χ3n) is 4.69. The number of benzene rings is 2. The van der Waals surface area contributed by atoms with Crippen molar-refractivity contribution in [3.8, 4) is 0 Å². The second-order valence-corrected chi connectivity index (χ2v) is 6.18. The third kappa shape index (κ3) is 2.58. The summed E-state index contributed by atoms with van der Waals surface area (Å²) >= 11 is 0. The van der Waals surface area contributed by atoms with Gasteiger partial charge >= 0.3 is 0 Å². The lowest BCUT2D eigenvalue weighted by molar-refractivity contribution is -0.136. The number of piperidine rings is 1. The van der Waals surface area contributed by atoms with Crippen molar-refractivity contribution in [1.82, 2.24) is 5.32 Å². The van der Waals surface area contributed by atoms with Crippen LogP contribution in [-0.4, -0.2) is 17.5 Å². The Balaban J connectivity index is 1.98. The second-order valence-electron chi connectivity index (χ2n) is 6.18. The van der Waals surface area contributed by atoms with Gasteiger partial charge in [0, 0.05) is 18.5 Å². The lowest BCUT2D eigenvalue weighted by Gasteiger charge is -2.43. The molecule has 2 aromatic carbocycles. The van der Waals surface area contributed by atoms with E-state index >= 15 is 0 Å². The minimum Gasteiger partial charge on any atom is -0.395 e. The highest BCUT2D eigenvalue weighted by molar-refractivity contribution is 5.87. The second kappa shape index (κ2) is 6.03. The monoisotopic (exact) mass is 295 g/mol. The molecule has 1 saturated heterocycles. The van der Waals surface area contributed by atoms with E-state index in [1.165, 1.54) is 0 Å². The van der Waals surface area contributed by atoms with E-state index in [0.717, 1.165) is 11.1 Å². The zero-order valence-electron chi connectivity index (χ0n) is 12.7. The molecule has 0 spiro atoms. The van der Waals surface area contributed by atoms with E-state index in [4.69, 9.17) is 0 Å². The van der Waals surface area contributed by atoms with E-state index < -0.39 is 5.41 Å². The lowest BCUT2D eigenvalue weighted by Crippen LogP contribution is -2.51. The smallest absolute Gasteiger partial charge is 0.144 e. The Bertz CT molecular complexity index is 641. The Labute approximate surface area is 131 Å². The molecule has 0 bridgehead atoms. The van der Waals surface area contributed by atoms with Gasteiger partial charge in [0.1, 0.15) is 5.78 Å². The van der Waals surface area contributed by atoms with Crippen molar-refractivity contribution < 1.29 is 9.90 Å². The van der Waals surface area contributed by atoms with Gasteiger partial charge in [-0.15, -0.1) is 0 Å². The first-order valence-electron chi connectivity index (χ1n) is 7.65. The van der Waals surface area contributed by atoms with E-state index in [0.29, 0.717) is 6.42 Å². The maximum absolute atomic E-state index is 12.7. The number of Topliss-reactive ketones (excluding diaryl/α,β-unsaturated/α-hetero) is 1. The summed E-state index contributed by atoms with van der Waals surface area (Å²) in [6.07, 6.45) is 0.407. The number of carbonyl (C=O) groups excluding carboxylic acids is 1. The van der Waals surface area contributed by atoms with Crippen molar-refractivity contribution >= 4 is 5.78 Å². The van der Waals surface area contributed by atoms with Crippen molar-refractivity contribution in [2.75, 3.05) is 6.61 Å². The molecule has 22 heavy (non-hydrogen) atoms. The minimum absolute atomic E-state index is 0.0152. The van der Waals surface area contributed by atoms with Gasteiger partial charge in [0.05, 0.1) is 12.0 Å². The van der Waals surface area contributed by atoms with Crippen LogP contribution in [0.1, 0.15) is 36.6 Å². The Morgan fingerprint density at radius 3 is 2.14 bits per heavy atom. The molecule has 2 N–H and O–H groups in total. The molecule has 3 rings (SSSR count). The van der Waals surface area contributed by atoms with Gasteiger partial charge in [-0.25, -0.2) is 0 Å². The van der Waals surface area contributed by atoms with Gasteiger partial charge in [0.15, 0.2) is 0 Å². The van der Waals surface area contributed by atoms with E-state index in [-0.39, 0.29) is 24.5 Å². The van der Waals surface area contributed by atoms with E-state index in [1.807, 2.05) is 67.6 Å². The molecule has 0 aromatic heterocycles. The summed E-state index contributed by atoms with van der Waals surface area (Å²) in [7, 11) is 0. The Hall–Kier alpha value is -1.97. The predicted molar refractivity (Wildman–Crippen MR) is 86.3 cm³/mol. The van der Waals surface area contributed by atoms with E-state index in [9.17, 15) is 9.90 Å². The first-order valence-corrected chi connectivity index (χ1v) is 7.65. The quantitative estimate of drug-likeness (QED) is 0.915. The molecular weight excluding hydrogens is 274 g/mol. The number of hydrogen-bond donors (Lipinski definition) is 2. The number of carbonyl (C=O) groups is 1. The van der Waals surface area contributed by atoms with Crippen LogP contribution in [0.25, 0.3) is 0 Å². The highest BCUT2D eigenvalue weighted by Crippen LogP contribution is 2.42. The molecule has 2 aromatic rings. The van der Waals surface area contributed by atoms with Gasteiger partial charge < -0.3 is 10.4 Å². The molecule has 3 heteroatoms. The molecule has 0 radical (unpaired) electrons. The van der Waals surface area contributed by atoms with Crippen LogP contribution in [0.5, 0.6) is 0 Å². The topological polar surface area (TPSA) is 49.3 Å². The molecule has 1 fully saturated rings. The fourth-order valence-corrected chi connectivity index (χ4v) is 3.21. The molecule has 1 aliphatic heterocycles. The van der Waals surface area contributed by atoms with Crippen LogP contribution < -0.4 is 5.32 Å². The molecule has 114 valence electrons. The summed E-state index contributed by atoms with van der Waals surface area (Å²) in [5, 5.41) is 13.4. The molecule has 1 aliphatic rings. The van der Waals surface area contributed by atoms with Crippen LogP contribution in [0.4, 0.5) is 0 Å². The van der Waals surface area contributed by atoms with Crippen LogP contribution in [-0.2, 0) is 4.79 Å². The standard InChI is InChI=1S/C19H21NO2/c1-19(13-21)17(22)12-16(14-8-4-2-5-9-14)20-18(19)15-10-6-3-7-11-15/h2-11,16,18,20-21H,12-13H2,1H3/t16-,18-,19-/m0/s1. The van der Waals surface area contributed by atoms with Crippen molar-refractivity contribution in [1.29, 1.82) is 0 Å². The number of aliphatic hydroxyl groups excluding tert-OH is 1. The molecule has 0 amide bonds. The lowest BCUT2D eigenvalue weighted by atomic mass is 9.70. The van der Waals surface area contributed by atoms with Crippen molar-refractivity contribution in [3.63, 3.8) is 0 Å². The average Bonchev–Trinajstić information content (AvgIpc) is 2.58. The zero-order valence-corrected chi connectivity index (χ0v) is 12.7. The first kappa shape index (κ1) is 14.9. The van der Waals surface area contributed by atoms with E-state index in [2.05, 4.69) is 5.32 Å². The fraction of sp³-hybridized carbons (Fsp3) is 0.316. The molecular formula is C19H21NO2. The van der Waals surface area contributed by atoms with Crippen molar-refractivity contribution in [2.45, 2.75) is 25.4 Å².